The van der Waals surface area contributed by atoms with Gasteiger partial charge in [-0.3, -0.25) is 4.79 Å². The lowest BCUT2D eigenvalue weighted by molar-refractivity contribution is 0.0951. The van der Waals surface area contributed by atoms with Gasteiger partial charge in [-0.15, -0.1) is 11.3 Å². The molecule has 0 aliphatic rings. The quantitative estimate of drug-likeness (QED) is 0.687. The number of aryl methyl sites for hydroxylation is 1. The summed E-state index contributed by atoms with van der Waals surface area (Å²) in [7, 11) is -3.46. The first kappa shape index (κ1) is 19.3. The van der Waals surface area contributed by atoms with Gasteiger partial charge in [-0.2, -0.15) is 0 Å². The van der Waals surface area contributed by atoms with Crippen LogP contribution in [0.3, 0.4) is 0 Å². The Bertz CT molecular complexity index is 1050. The van der Waals surface area contributed by atoms with Crippen LogP contribution in [0.1, 0.15) is 21.6 Å². The molecule has 0 fully saturated rings. The van der Waals surface area contributed by atoms with E-state index in [-0.39, 0.29) is 10.5 Å². The topological polar surface area (TPSA) is 76.1 Å². The molecular formula is C20H20N2O3S2. The van der Waals surface area contributed by atoms with E-state index in [0.29, 0.717) is 13.0 Å². The number of thiazole rings is 1. The number of amides is 1. The van der Waals surface area contributed by atoms with Gasteiger partial charge in [0.2, 0.25) is 0 Å². The molecule has 0 atom stereocenters. The van der Waals surface area contributed by atoms with Crippen molar-refractivity contribution in [3.8, 4) is 10.6 Å². The molecular weight excluding hydrogens is 380 g/mol. The first-order chi connectivity index (χ1) is 12.8. The Morgan fingerprint density at radius 1 is 1.11 bits per heavy atom. The number of nitrogens with zero attached hydrogens (tertiary/aromatic N) is 1. The van der Waals surface area contributed by atoms with Crippen LogP contribution < -0.4 is 5.32 Å². The lowest BCUT2D eigenvalue weighted by Crippen LogP contribution is -2.27. The van der Waals surface area contributed by atoms with Crippen LogP contribution in [0.2, 0.25) is 0 Å². The second-order valence-electron chi connectivity index (χ2n) is 6.28. The fourth-order valence-corrected chi connectivity index (χ4v) is 4.37. The molecule has 0 aliphatic carbocycles. The number of sulfone groups is 1. The average Bonchev–Trinajstić information content (AvgIpc) is 3.10. The molecule has 1 amide bonds. The highest BCUT2D eigenvalue weighted by Crippen LogP contribution is 2.24. The van der Waals surface area contributed by atoms with Gasteiger partial charge in [-0.05, 0) is 19.1 Å². The minimum Gasteiger partial charge on any atom is -0.352 e. The Labute approximate surface area is 163 Å². The van der Waals surface area contributed by atoms with Crippen molar-refractivity contribution in [2.75, 3.05) is 12.8 Å². The van der Waals surface area contributed by atoms with Crippen LogP contribution in [0, 0.1) is 6.92 Å². The Kier molecular flexibility index (Phi) is 5.72. The van der Waals surface area contributed by atoms with Crippen molar-refractivity contribution in [1.29, 1.82) is 0 Å². The van der Waals surface area contributed by atoms with Gasteiger partial charge >= 0.3 is 0 Å². The third-order valence-electron chi connectivity index (χ3n) is 4.05. The minimum atomic E-state index is -3.46. The number of hydrogen-bond donors (Lipinski definition) is 1. The van der Waals surface area contributed by atoms with Crippen molar-refractivity contribution >= 4 is 27.1 Å². The van der Waals surface area contributed by atoms with Gasteiger partial charge in [-0.1, -0.05) is 42.0 Å². The highest BCUT2D eigenvalue weighted by molar-refractivity contribution is 7.90. The number of carbonyl (C=O) groups is 1. The van der Waals surface area contributed by atoms with Crippen LogP contribution in [0.5, 0.6) is 0 Å². The van der Waals surface area contributed by atoms with Crippen molar-refractivity contribution in [2.24, 2.45) is 0 Å². The molecule has 3 rings (SSSR count). The molecule has 0 saturated carbocycles. The van der Waals surface area contributed by atoms with E-state index in [0.717, 1.165) is 22.5 Å². The van der Waals surface area contributed by atoms with Crippen LogP contribution >= 0.6 is 11.3 Å². The molecule has 27 heavy (non-hydrogen) atoms. The Morgan fingerprint density at radius 2 is 1.81 bits per heavy atom. The van der Waals surface area contributed by atoms with Crippen molar-refractivity contribution in [3.05, 3.63) is 70.7 Å². The molecule has 3 aromatic rings. The molecule has 2 aromatic carbocycles. The highest BCUT2D eigenvalue weighted by atomic mass is 32.2. The molecule has 140 valence electrons. The summed E-state index contributed by atoms with van der Waals surface area (Å²) in [5.74, 6) is -0.398. The van der Waals surface area contributed by atoms with E-state index in [1.807, 2.05) is 24.4 Å². The van der Waals surface area contributed by atoms with Crippen LogP contribution in [0.4, 0.5) is 0 Å². The highest BCUT2D eigenvalue weighted by Gasteiger charge is 2.17. The second-order valence-corrected chi connectivity index (χ2v) is 9.13. The van der Waals surface area contributed by atoms with E-state index < -0.39 is 15.7 Å². The van der Waals surface area contributed by atoms with Gasteiger partial charge < -0.3 is 5.32 Å². The van der Waals surface area contributed by atoms with Crippen LogP contribution in [-0.4, -0.2) is 32.1 Å². The van der Waals surface area contributed by atoms with E-state index in [1.54, 1.807) is 23.5 Å². The zero-order valence-electron chi connectivity index (χ0n) is 15.1. The SMILES string of the molecule is Cc1ccc(-c2nc(CCNC(=O)c3ccccc3S(C)(=O)=O)cs2)cc1. The fourth-order valence-electron chi connectivity index (χ4n) is 2.63. The van der Waals surface area contributed by atoms with Crippen molar-refractivity contribution < 1.29 is 13.2 Å². The maximum Gasteiger partial charge on any atom is 0.252 e. The lowest BCUT2D eigenvalue weighted by Gasteiger charge is -2.08. The monoisotopic (exact) mass is 400 g/mol. The maximum atomic E-state index is 12.4. The first-order valence-corrected chi connectivity index (χ1v) is 11.2. The summed E-state index contributed by atoms with van der Waals surface area (Å²) in [5, 5.41) is 5.70. The Morgan fingerprint density at radius 3 is 2.52 bits per heavy atom. The Balaban J connectivity index is 1.63. The second kappa shape index (κ2) is 8.02. The standard InChI is InChI=1S/C20H20N2O3S2/c1-14-7-9-15(10-8-14)20-22-16(13-26-20)11-12-21-19(23)17-5-3-4-6-18(17)27(2,24)25/h3-10,13H,11-12H2,1-2H3,(H,21,23). The predicted molar refractivity (Wildman–Crippen MR) is 108 cm³/mol. The van der Waals surface area contributed by atoms with Gasteiger partial charge in [0.15, 0.2) is 9.84 Å². The summed E-state index contributed by atoms with van der Waals surface area (Å²) in [6.45, 7) is 2.43. The van der Waals surface area contributed by atoms with Gasteiger partial charge in [0.05, 0.1) is 16.2 Å². The molecule has 0 spiro atoms. The van der Waals surface area contributed by atoms with Crippen molar-refractivity contribution in [3.63, 3.8) is 0 Å². The molecule has 0 aliphatic heterocycles. The number of hydrogen-bond acceptors (Lipinski definition) is 5. The van der Waals surface area contributed by atoms with Gasteiger partial charge in [0, 0.05) is 30.2 Å². The maximum absolute atomic E-state index is 12.4. The molecule has 1 heterocycles. The number of aromatic nitrogens is 1. The number of rotatable bonds is 6. The molecule has 1 N–H and O–H groups in total. The number of carbonyl (C=O) groups excluding carboxylic acids is 1. The molecule has 0 saturated heterocycles. The third-order valence-corrected chi connectivity index (χ3v) is 6.14. The van der Waals surface area contributed by atoms with Crippen LogP contribution in [0.15, 0.2) is 58.8 Å². The minimum absolute atomic E-state index is 0.0396. The molecule has 0 bridgehead atoms. The van der Waals surface area contributed by atoms with Gasteiger partial charge in [-0.25, -0.2) is 13.4 Å². The molecule has 1 aromatic heterocycles. The summed E-state index contributed by atoms with van der Waals surface area (Å²) in [6, 6.07) is 14.4. The summed E-state index contributed by atoms with van der Waals surface area (Å²) in [4.78, 5) is 17.0. The summed E-state index contributed by atoms with van der Waals surface area (Å²) >= 11 is 1.57. The van der Waals surface area contributed by atoms with Crippen molar-refractivity contribution in [2.45, 2.75) is 18.2 Å². The zero-order chi connectivity index (χ0) is 19.4. The van der Waals surface area contributed by atoms with Gasteiger partial charge in [0.1, 0.15) is 5.01 Å². The third kappa shape index (κ3) is 4.81. The largest absolute Gasteiger partial charge is 0.352 e. The smallest absolute Gasteiger partial charge is 0.252 e. The van der Waals surface area contributed by atoms with E-state index >= 15 is 0 Å². The number of benzene rings is 2. The zero-order valence-corrected chi connectivity index (χ0v) is 16.7. The summed E-state index contributed by atoms with van der Waals surface area (Å²) < 4.78 is 23.6. The van der Waals surface area contributed by atoms with E-state index in [1.165, 1.54) is 17.7 Å². The van der Waals surface area contributed by atoms with E-state index in [2.05, 4.69) is 22.4 Å². The van der Waals surface area contributed by atoms with Crippen LogP contribution in [-0.2, 0) is 16.3 Å². The Hall–Kier alpha value is -2.51. The molecule has 7 heteroatoms. The molecule has 5 nitrogen and oxygen atoms in total. The first-order valence-electron chi connectivity index (χ1n) is 8.43. The molecule has 0 radical (unpaired) electrons. The lowest BCUT2D eigenvalue weighted by atomic mass is 10.2. The fraction of sp³-hybridized carbons (Fsp3) is 0.200. The molecule has 0 unspecified atom stereocenters. The van der Waals surface area contributed by atoms with E-state index in [9.17, 15) is 13.2 Å². The normalized spacial score (nSPS) is 11.3. The predicted octanol–water partition coefficient (Wildman–Crippen LogP) is 3.49. The van der Waals surface area contributed by atoms with E-state index in [4.69, 9.17) is 0 Å². The number of nitrogens with one attached hydrogen (secondary N) is 1. The summed E-state index contributed by atoms with van der Waals surface area (Å²) in [6.07, 6.45) is 1.68. The van der Waals surface area contributed by atoms with Crippen LogP contribution in [0.25, 0.3) is 10.6 Å². The summed E-state index contributed by atoms with van der Waals surface area (Å²) in [5.41, 5.74) is 3.33. The van der Waals surface area contributed by atoms with Gasteiger partial charge in [0.25, 0.3) is 5.91 Å². The average molecular weight is 401 g/mol. The van der Waals surface area contributed by atoms with Crippen molar-refractivity contribution in [1.82, 2.24) is 10.3 Å².